The van der Waals surface area contributed by atoms with E-state index in [4.69, 9.17) is 9.31 Å². The first-order valence-electron chi connectivity index (χ1n) is 10.6. The van der Waals surface area contributed by atoms with Crippen LogP contribution in [-0.2, 0) is 9.31 Å². The topological polar surface area (TPSA) is 50.7 Å². The van der Waals surface area contributed by atoms with E-state index >= 15 is 0 Å². The van der Waals surface area contributed by atoms with E-state index in [0.29, 0.717) is 5.92 Å². The largest absolute Gasteiger partial charge is 0.494 e. The Morgan fingerprint density at radius 3 is 2.22 bits per heavy atom. The molecule has 5 fully saturated rings. The molecule has 1 saturated heterocycles. The van der Waals surface area contributed by atoms with Crippen LogP contribution in [0, 0.1) is 17.8 Å². The van der Waals surface area contributed by atoms with E-state index in [0.717, 1.165) is 35.8 Å². The number of hydrogen-bond acceptors (Lipinski definition) is 4. The predicted octanol–water partition coefficient (Wildman–Crippen LogP) is 3.34. The van der Waals surface area contributed by atoms with Gasteiger partial charge in [0.2, 0.25) is 0 Å². The molecule has 1 aromatic rings. The zero-order valence-electron chi connectivity index (χ0n) is 17.0. The van der Waals surface area contributed by atoms with Crippen molar-refractivity contribution in [2.24, 2.45) is 17.8 Å². The second-order valence-electron chi connectivity index (χ2n) is 10.5. The average molecular weight is 369 g/mol. The summed E-state index contributed by atoms with van der Waals surface area (Å²) in [7, 11) is -0.349. The van der Waals surface area contributed by atoms with Gasteiger partial charge in [0.1, 0.15) is 0 Å². The Labute approximate surface area is 163 Å². The van der Waals surface area contributed by atoms with Crippen molar-refractivity contribution in [3.8, 4) is 0 Å². The minimum Gasteiger partial charge on any atom is -0.399 e. The normalized spacial score (nSPS) is 41.1. The molecule has 27 heavy (non-hydrogen) atoms. The van der Waals surface area contributed by atoms with Crippen LogP contribution in [0.3, 0.4) is 0 Å². The van der Waals surface area contributed by atoms with Crippen LogP contribution >= 0.6 is 0 Å². The van der Waals surface area contributed by atoms with Crippen LogP contribution in [0.25, 0.3) is 0 Å². The van der Waals surface area contributed by atoms with Crippen LogP contribution in [0.4, 0.5) is 5.69 Å². The van der Waals surface area contributed by atoms with Gasteiger partial charge in [0.25, 0.3) is 0 Å². The first-order valence-corrected chi connectivity index (χ1v) is 10.6. The lowest BCUT2D eigenvalue weighted by atomic mass is 9.52. The summed E-state index contributed by atoms with van der Waals surface area (Å²) in [5.41, 5.74) is 0.896. The molecule has 5 aliphatic rings. The van der Waals surface area contributed by atoms with Gasteiger partial charge in [-0.3, -0.25) is 0 Å². The van der Waals surface area contributed by atoms with Crippen molar-refractivity contribution in [3.05, 3.63) is 24.3 Å². The summed E-state index contributed by atoms with van der Waals surface area (Å²) in [6.45, 7) is 8.33. The maximum atomic E-state index is 11.3. The quantitative estimate of drug-likeness (QED) is 0.803. The number of benzene rings is 1. The van der Waals surface area contributed by atoms with Gasteiger partial charge in [-0.25, -0.2) is 0 Å². The number of rotatable bonds is 3. The molecule has 0 radical (unpaired) electrons. The molecule has 0 aromatic heterocycles. The van der Waals surface area contributed by atoms with E-state index in [1.807, 2.05) is 0 Å². The molecule has 5 heteroatoms. The second kappa shape index (κ2) is 5.74. The molecule has 146 valence electrons. The molecule has 4 unspecified atom stereocenters. The lowest BCUT2D eigenvalue weighted by molar-refractivity contribution is -0.133. The number of hydrogen-bond donors (Lipinski definition) is 2. The first kappa shape index (κ1) is 18.0. The summed E-state index contributed by atoms with van der Waals surface area (Å²) in [4.78, 5) is 0. The summed E-state index contributed by atoms with van der Waals surface area (Å²) < 4.78 is 12.4. The second-order valence-corrected chi connectivity index (χ2v) is 10.5. The molecular weight excluding hydrogens is 337 g/mol. The molecule has 2 N–H and O–H groups in total. The highest BCUT2D eigenvalue weighted by Gasteiger charge is 2.56. The van der Waals surface area contributed by atoms with Crippen molar-refractivity contribution in [1.82, 2.24) is 0 Å². The Morgan fingerprint density at radius 1 is 1.00 bits per heavy atom. The maximum Gasteiger partial charge on any atom is 0.494 e. The van der Waals surface area contributed by atoms with Crippen molar-refractivity contribution < 1.29 is 14.4 Å². The summed E-state index contributed by atoms with van der Waals surface area (Å²) in [5, 5.41) is 15.0. The fourth-order valence-corrected chi connectivity index (χ4v) is 6.18. The van der Waals surface area contributed by atoms with Crippen molar-refractivity contribution >= 4 is 18.3 Å². The highest BCUT2D eigenvalue weighted by atomic mass is 16.7. The van der Waals surface area contributed by atoms with Crippen LogP contribution < -0.4 is 10.8 Å². The molecule has 4 nitrogen and oxygen atoms in total. The van der Waals surface area contributed by atoms with E-state index in [-0.39, 0.29) is 24.4 Å². The molecule has 4 aliphatic carbocycles. The van der Waals surface area contributed by atoms with E-state index < -0.39 is 5.60 Å². The van der Waals surface area contributed by atoms with Crippen LogP contribution in [-0.4, -0.2) is 35.1 Å². The fraction of sp³-hybridized carbons (Fsp3) is 0.727. The Balaban J connectivity index is 1.36. The number of nitrogens with one attached hydrogen (secondary N) is 1. The average Bonchev–Trinajstić information content (AvgIpc) is 2.78. The van der Waals surface area contributed by atoms with Crippen LogP contribution in [0.1, 0.15) is 59.8 Å². The van der Waals surface area contributed by atoms with Crippen molar-refractivity contribution in [1.29, 1.82) is 0 Å². The molecule has 4 saturated carbocycles. The predicted molar refractivity (Wildman–Crippen MR) is 108 cm³/mol. The Morgan fingerprint density at radius 2 is 1.63 bits per heavy atom. The Hall–Kier alpha value is -1.04. The third-order valence-electron chi connectivity index (χ3n) is 8.01. The van der Waals surface area contributed by atoms with Crippen molar-refractivity contribution in [2.75, 3.05) is 5.32 Å². The third kappa shape index (κ3) is 2.85. The Kier molecular flexibility index (Phi) is 3.83. The minimum absolute atomic E-state index is 0.166. The lowest BCUT2D eigenvalue weighted by Gasteiger charge is -2.59. The molecule has 4 bridgehead atoms. The van der Waals surface area contributed by atoms with Gasteiger partial charge >= 0.3 is 7.12 Å². The van der Waals surface area contributed by atoms with E-state index in [9.17, 15) is 5.11 Å². The minimum atomic E-state index is -0.533. The van der Waals surface area contributed by atoms with Crippen molar-refractivity contribution in [3.63, 3.8) is 0 Å². The van der Waals surface area contributed by atoms with E-state index in [1.165, 1.54) is 19.3 Å². The maximum absolute atomic E-state index is 11.3. The van der Waals surface area contributed by atoms with Gasteiger partial charge in [-0.15, -0.1) is 0 Å². The van der Waals surface area contributed by atoms with Gasteiger partial charge in [0.15, 0.2) is 0 Å². The summed E-state index contributed by atoms with van der Waals surface area (Å²) in [6.07, 6.45) is 5.81. The van der Waals surface area contributed by atoms with Gasteiger partial charge < -0.3 is 19.7 Å². The monoisotopic (exact) mass is 369 g/mol. The molecular formula is C22H32BNO3. The van der Waals surface area contributed by atoms with E-state index in [1.54, 1.807) is 0 Å². The van der Waals surface area contributed by atoms with Gasteiger partial charge in [-0.2, -0.15) is 0 Å². The highest BCUT2D eigenvalue weighted by Crippen LogP contribution is 2.56. The van der Waals surface area contributed by atoms with Crippen LogP contribution in [0.2, 0.25) is 0 Å². The van der Waals surface area contributed by atoms with Crippen molar-refractivity contribution in [2.45, 2.75) is 82.6 Å². The van der Waals surface area contributed by atoms with E-state index in [2.05, 4.69) is 57.3 Å². The SMILES string of the molecule is CC1(C)OB(c2cccc(NC3C4CC5C[C@@H](C4)CC3(O)C5)c2)OC1(C)C. The lowest BCUT2D eigenvalue weighted by Crippen LogP contribution is -2.63. The smallest absolute Gasteiger partial charge is 0.399 e. The third-order valence-corrected chi connectivity index (χ3v) is 8.01. The van der Waals surface area contributed by atoms with Crippen LogP contribution in [0.15, 0.2) is 24.3 Å². The number of anilines is 1. The molecule has 0 amide bonds. The molecule has 1 heterocycles. The standard InChI is InChI=1S/C22H32BNO3/c1-20(2)21(3,4)27-23(26-20)17-6-5-7-18(11-17)24-19-16-9-14-8-15(10-16)13-22(19,25)12-14/h5-7,11,14-16,19,24-25H,8-10,12-13H2,1-4H3/t14-,15?,16?,19?,22?/m0/s1. The molecule has 1 aromatic carbocycles. The van der Waals surface area contributed by atoms with Gasteiger partial charge in [-0.1, -0.05) is 12.1 Å². The first-order chi connectivity index (χ1) is 12.7. The van der Waals surface area contributed by atoms with Gasteiger partial charge in [0, 0.05) is 5.69 Å². The summed E-state index contributed by atoms with van der Waals surface area (Å²) in [5.74, 6) is 2.07. The highest BCUT2D eigenvalue weighted by molar-refractivity contribution is 6.62. The molecule has 1 aliphatic heterocycles. The molecule has 5 atom stereocenters. The zero-order chi connectivity index (χ0) is 19.0. The molecule has 6 rings (SSSR count). The summed E-state index contributed by atoms with van der Waals surface area (Å²) >= 11 is 0. The van der Waals surface area contributed by atoms with Crippen LogP contribution in [0.5, 0.6) is 0 Å². The molecule has 0 spiro atoms. The Bertz CT molecular complexity index is 719. The fourth-order valence-electron chi connectivity index (χ4n) is 6.18. The number of aliphatic hydroxyl groups is 1. The van der Waals surface area contributed by atoms with Gasteiger partial charge in [-0.05, 0) is 95.1 Å². The zero-order valence-corrected chi connectivity index (χ0v) is 17.0. The summed E-state index contributed by atoms with van der Waals surface area (Å²) in [6, 6.07) is 8.53. The van der Waals surface area contributed by atoms with Gasteiger partial charge in [0.05, 0.1) is 22.8 Å².